The second kappa shape index (κ2) is 8.77. The summed E-state index contributed by atoms with van der Waals surface area (Å²) >= 11 is 0. The van der Waals surface area contributed by atoms with Crippen LogP contribution in [0.1, 0.15) is 88.7 Å². The number of ether oxygens (including phenoxy) is 1. The van der Waals surface area contributed by atoms with Gasteiger partial charge < -0.3 is 9.64 Å². The van der Waals surface area contributed by atoms with E-state index in [0.717, 1.165) is 33.6 Å². The summed E-state index contributed by atoms with van der Waals surface area (Å²) in [5.41, 5.74) is 9.64. The Bertz CT molecular complexity index is 1770. The van der Waals surface area contributed by atoms with Gasteiger partial charge in [-0.2, -0.15) is 0 Å². The van der Waals surface area contributed by atoms with Crippen LogP contribution in [0.15, 0.2) is 72.7 Å². The molecule has 0 bridgehead atoms. The molecule has 0 aromatic heterocycles. The quantitative estimate of drug-likeness (QED) is 0.198. The van der Waals surface area contributed by atoms with Gasteiger partial charge in [0.1, 0.15) is 11.5 Å². The Kier molecular flexibility index (Phi) is 5.10. The van der Waals surface area contributed by atoms with Gasteiger partial charge in [0, 0.05) is 17.1 Å². The topological polar surface area (TPSA) is 12.5 Å². The molecule has 204 valence electrons. The Morgan fingerprint density at radius 1 is 0.675 bits per heavy atom. The van der Waals surface area contributed by atoms with Gasteiger partial charge in [0.2, 0.25) is 0 Å². The lowest BCUT2D eigenvalue weighted by molar-refractivity contribution is 0.486. The van der Waals surface area contributed by atoms with E-state index in [4.69, 9.17) is 7.48 Å². The standard InChI is InChI=1S/C37H42BNO/c1-23-17-31-34-33(18-23)40-32-16-15-24(35(2,3)4)22-29(32)38(34)28-13-11-12-14-30(28)39(31)27-20-25(36(5,6)7)19-26(21-27)37(8,9)10/h11-22H,1-10H3/i15D,16D,22D. The number of anilines is 3. The van der Waals surface area contributed by atoms with E-state index in [2.05, 4.69) is 102 Å². The number of aryl methyl sites for hydroxylation is 1. The van der Waals surface area contributed by atoms with Crippen molar-refractivity contribution in [3.05, 3.63) is 95.0 Å². The van der Waals surface area contributed by atoms with Crippen molar-refractivity contribution in [2.45, 2.75) is 85.5 Å². The molecule has 0 aliphatic carbocycles. The third kappa shape index (κ3) is 4.35. The van der Waals surface area contributed by atoms with Gasteiger partial charge in [-0.05, 0) is 98.2 Å². The lowest BCUT2D eigenvalue weighted by Crippen LogP contribution is -2.59. The highest BCUT2D eigenvalue weighted by Crippen LogP contribution is 2.44. The molecule has 6 rings (SSSR count). The van der Waals surface area contributed by atoms with Crippen LogP contribution in [0.2, 0.25) is 0 Å². The van der Waals surface area contributed by atoms with Crippen molar-refractivity contribution in [1.82, 2.24) is 0 Å². The molecule has 0 spiro atoms. The molecule has 2 nitrogen and oxygen atoms in total. The zero-order chi connectivity index (χ0) is 31.4. The minimum atomic E-state index is -0.466. The maximum atomic E-state index is 9.48. The molecular formula is C37H42BNO. The van der Waals surface area contributed by atoms with Gasteiger partial charge in [-0.25, -0.2) is 0 Å². The van der Waals surface area contributed by atoms with Gasteiger partial charge in [-0.3, -0.25) is 0 Å². The number of fused-ring (bicyclic) bond motifs is 4. The van der Waals surface area contributed by atoms with E-state index in [0.29, 0.717) is 28.6 Å². The smallest absolute Gasteiger partial charge is 0.256 e. The maximum Gasteiger partial charge on any atom is 0.256 e. The Hall–Kier alpha value is -3.46. The van der Waals surface area contributed by atoms with Crippen LogP contribution in [0.4, 0.5) is 17.1 Å². The minimum absolute atomic E-state index is 0.0378. The molecule has 0 amide bonds. The minimum Gasteiger partial charge on any atom is -0.458 e. The van der Waals surface area contributed by atoms with Gasteiger partial charge in [-0.15, -0.1) is 0 Å². The normalized spacial score (nSPS) is 15.4. The fraction of sp³-hybridized carbons (Fsp3) is 0.351. The summed E-state index contributed by atoms with van der Waals surface area (Å²) in [5.74, 6) is 1.04. The zero-order valence-electron chi connectivity index (χ0n) is 28.6. The number of hydrogen-bond donors (Lipinski definition) is 0. The summed E-state index contributed by atoms with van der Waals surface area (Å²) in [4.78, 5) is 2.37. The van der Waals surface area contributed by atoms with Crippen molar-refractivity contribution in [2.24, 2.45) is 0 Å². The first-order valence-corrected chi connectivity index (χ1v) is 14.4. The summed E-state index contributed by atoms with van der Waals surface area (Å²) in [7, 11) is 0. The van der Waals surface area contributed by atoms with Crippen LogP contribution in [-0.4, -0.2) is 6.71 Å². The lowest BCUT2D eigenvalue weighted by atomic mass is 9.34. The number of para-hydroxylation sites is 1. The summed E-state index contributed by atoms with van der Waals surface area (Å²) in [6.45, 7) is 21.4. The average Bonchev–Trinajstić information content (AvgIpc) is 2.89. The van der Waals surface area contributed by atoms with Crippen molar-refractivity contribution in [2.75, 3.05) is 4.90 Å². The first-order chi connectivity index (χ1) is 19.9. The predicted molar refractivity (Wildman–Crippen MR) is 173 cm³/mol. The van der Waals surface area contributed by atoms with Crippen molar-refractivity contribution in [3.8, 4) is 11.5 Å². The van der Waals surface area contributed by atoms with E-state index in [1.807, 2.05) is 26.8 Å². The SMILES string of the molecule is [2H]c1c([2H])c(C(C)(C)C)c([2H])c2c1Oc1cc(C)cc3c1B2c1ccccc1N3c1cc(C(C)(C)C)cc(C(C)(C)C)c1. The molecular weight excluding hydrogens is 485 g/mol. The first kappa shape index (κ1) is 23.3. The average molecular weight is 531 g/mol. The molecule has 0 saturated carbocycles. The molecule has 4 aromatic rings. The second-order valence-corrected chi connectivity index (χ2v) is 14.6. The molecule has 40 heavy (non-hydrogen) atoms. The van der Waals surface area contributed by atoms with Crippen LogP contribution in [0.5, 0.6) is 11.5 Å². The summed E-state index contributed by atoms with van der Waals surface area (Å²) in [6, 6.07) is 20.2. The molecule has 2 aliphatic heterocycles. The first-order valence-electron chi connectivity index (χ1n) is 15.9. The third-order valence-corrected chi connectivity index (χ3v) is 8.25. The number of nitrogens with zero attached hydrogens (tertiary/aromatic N) is 1. The van der Waals surface area contributed by atoms with Gasteiger partial charge in [0.05, 0.1) is 4.11 Å². The highest BCUT2D eigenvalue weighted by Gasteiger charge is 2.42. The summed E-state index contributed by atoms with van der Waals surface area (Å²) < 4.78 is 34.0. The Morgan fingerprint density at radius 2 is 1.30 bits per heavy atom. The largest absolute Gasteiger partial charge is 0.458 e. The highest BCUT2D eigenvalue weighted by atomic mass is 16.5. The van der Waals surface area contributed by atoms with Crippen molar-refractivity contribution in [3.63, 3.8) is 0 Å². The van der Waals surface area contributed by atoms with Crippen LogP contribution in [0.25, 0.3) is 0 Å². The zero-order valence-corrected chi connectivity index (χ0v) is 25.6. The van der Waals surface area contributed by atoms with Gasteiger partial charge in [-0.1, -0.05) is 98.7 Å². The molecule has 2 heterocycles. The van der Waals surface area contributed by atoms with E-state index in [1.54, 1.807) is 0 Å². The van der Waals surface area contributed by atoms with E-state index in [9.17, 15) is 1.37 Å². The van der Waals surface area contributed by atoms with Crippen molar-refractivity contribution < 1.29 is 8.85 Å². The lowest BCUT2D eigenvalue weighted by Gasteiger charge is -2.41. The summed E-state index contributed by atoms with van der Waals surface area (Å²) in [5, 5.41) is 0. The van der Waals surface area contributed by atoms with Crippen molar-refractivity contribution in [1.29, 1.82) is 0 Å². The molecule has 0 saturated heterocycles. The second-order valence-electron chi connectivity index (χ2n) is 14.6. The van der Waals surface area contributed by atoms with E-state index < -0.39 is 5.41 Å². The maximum absolute atomic E-state index is 9.48. The van der Waals surface area contributed by atoms with Crippen LogP contribution >= 0.6 is 0 Å². The monoisotopic (exact) mass is 530 g/mol. The van der Waals surface area contributed by atoms with E-state index >= 15 is 0 Å². The van der Waals surface area contributed by atoms with E-state index in [1.165, 1.54) is 11.1 Å². The molecule has 0 fully saturated rings. The van der Waals surface area contributed by atoms with Crippen LogP contribution < -0.4 is 26.0 Å². The molecule has 0 radical (unpaired) electrons. The van der Waals surface area contributed by atoms with Gasteiger partial charge in [0.15, 0.2) is 0 Å². The fourth-order valence-corrected chi connectivity index (χ4v) is 5.89. The Morgan fingerprint density at radius 3 is 1.93 bits per heavy atom. The molecule has 2 aliphatic rings. The third-order valence-electron chi connectivity index (χ3n) is 8.25. The van der Waals surface area contributed by atoms with Crippen molar-refractivity contribution >= 4 is 40.2 Å². The van der Waals surface area contributed by atoms with Crippen LogP contribution in [0.3, 0.4) is 0 Å². The molecule has 3 heteroatoms. The number of benzene rings is 4. The van der Waals surface area contributed by atoms with Gasteiger partial charge >= 0.3 is 0 Å². The Labute approximate surface area is 245 Å². The molecule has 0 unspecified atom stereocenters. The van der Waals surface area contributed by atoms with Crippen LogP contribution in [0, 0.1) is 6.92 Å². The Balaban J connectivity index is 1.71. The fourth-order valence-electron chi connectivity index (χ4n) is 5.89. The van der Waals surface area contributed by atoms with Gasteiger partial charge in [0.25, 0.3) is 6.71 Å². The highest BCUT2D eigenvalue weighted by molar-refractivity contribution is 6.99. The predicted octanol–water partition coefficient (Wildman–Crippen LogP) is 8.29. The number of hydrogen-bond acceptors (Lipinski definition) is 2. The van der Waals surface area contributed by atoms with Crippen LogP contribution in [-0.2, 0) is 16.2 Å². The molecule has 0 N–H and O–H groups in total. The number of rotatable bonds is 1. The molecule has 4 aromatic carbocycles. The summed E-state index contributed by atoms with van der Waals surface area (Å²) in [6.07, 6.45) is 0. The van der Waals surface area contributed by atoms with E-state index in [-0.39, 0.29) is 29.6 Å². The molecule has 0 atom stereocenters.